The maximum atomic E-state index is 15.2. The van der Waals surface area contributed by atoms with E-state index in [2.05, 4.69) is 13.0 Å². The lowest BCUT2D eigenvalue weighted by Gasteiger charge is -2.55. The molecule has 4 aromatic rings. The summed E-state index contributed by atoms with van der Waals surface area (Å²) < 4.78 is 6.13. The Morgan fingerprint density at radius 3 is 2.20 bits per heavy atom. The number of nitrogens with zero attached hydrogens (tertiary/aromatic N) is 1. The molecule has 7 nitrogen and oxygen atoms in total. The minimum atomic E-state index is -1.36. The van der Waals surface area contributed by atoms with Crippen molar-refractivity contribution in [3.63, 3.8) is 0 Å². The lowest BCUT2D eigenvalue weighted by molar-refractivity contribution is -0.135. The van der Waals surface area contributed by atoms with E-state index in [1.807, 2.05) is 109 Å². The van der Waals surface area contributed by atoms with Gasteiger partial charge in [0.05, 0.1) is 29.5 Å². The molecule has 4 aromatic carbocycles. The van der Waals surface area contributed by atoms with E-state index in [0.717, 1.165) is 17.6 Å². The van der Waals surface area contributed by atoms with Crippen molar-refractivity contribution in [2.75, 3.05) is 18.1 Å². The number of hydrogen-bond acceptors (Lipinski definition) is 6. The first-order valence-corrected chi connectivity index (χ1v) is 17.8. The van der Waals surface area contributed by atoms with Crippen LogP contribution in [0, 0.1) is 23.7 Å². The number of hydrogen-bond donors (Lipinski definition) is 1. The van der Waals surface area contributed by atoms with Crippen molar-refractivity contribution in [3.8, 4) is 5.75 Å². The highest BCUT2D eigenvalue weighted by molar-refractivity contribution is 6.32. The van der Waals surface area contributed by atoms with Gasteiger partial charge in [0.15, 0.2) is 11.6 Å². The van der Waals surface area contributed by atoms with Gasteiger partial charge in [0.2, 0.25) is 11.8 Å². The molecule has 4 aliphatic rings. The lowest BCUT2D eigenvalue weighted by atomic mass is 9.44. The second-order valence-corrected chi connectivity index (χ2v) is 13.9. The molecule has 2 amide bonds. The van der Waals surface area contributed by atoms with Crippen LogP contribution in [0.5, 0.6) is 5.75 Å². The number of Topliss-reactive ketones (excluding diaryl/α,β-unsaturated/α-hetero) is 1. The maximum absolute atomic E-state index is 15.2. The van der Waals surface area contributed by atoms with Crippen LogP contribution in [0.15, 0.2) is 127 Å². The predicted octanol–water partition coefficient (Wildman–Crippen LogP) is 6.65. The second kappa shape index (κ2) is 13.1. The molecule has 8 rings (SSSR count). The number of allylic oxidation sites excluding steroid dienone is 4. The zero-order valence-electron chi connectivity index (χ0n) is 28.4. The van der Waals surface area contributed by atoms with Gasteiger partial charge in [-0.25, -0.2) is 0 Å². The number of aliphatic hydroxyl groups excluding tert-OH is 1. The average Bonchev–Trinajstić information content (AvgIpc) is 3.44. The highest BCUT2D eigenvalue weighted by atomic mass is 16.5. The van der Waals surface area contributed by atoms with Gasteiger partial charge in [-0.1, -0.05) is 110 Å². The van der Waals surface area contributed by atoms with Gasteiger partial charge in [-0.05, 0) is 66.1 Å². The molecule has 256 valence electrons. The first-order valence-electron chi connectivity index (χ1n) is 17.8. The number of fused-ring (bicyclic) bond motifs is 4. The number of carbonyl (C=O) groups excluding carboxylic acids is 4. The third-order valence-electron chi connectivity index (χ3n) is 11.6. The molecule has 0 bridgehead atoms. The van der Waals surface area contributed by atoms with E-state index in [0.29, 0.717) is 40.1 Å². The van der Waals surface area contributed by atoms with Gasteiger partial charge >= 0.3 is 0 Å². The summed E-state index contributed by atoms with van der Waals surface area (Å²) in [5.41, 5.74) is 3.61. The first-order chi connectivity index (χ1) is 24.9. The molecule has 1 saturated carbocycles. The Morgan fingerprint density at radius 1 is 0.804 bits per heavy atom. The van der Waals surface area contributed by atoms with Crippen LogP contribution < -0.4 is 9.64 Å². The van der Waals surface area contributed by atoms with Gasteiger partial charge in [0, 0.05) is 23.0 Å². The highest BCUT2D eigenvalue weighted by Gasteiger charge is 2.66. The summed E-state index contributed by atoms with van der Waals surface area (Å²) in [6.07, 6.45) is 4.98. The van der Waals surface area contributed by atoms with Crippen molar-refractivity contribution < 1.29 is 29.0 Å². The van der Waals surface area contributed by atoms with Crippen molar-refractivity contribution in [3.05, 3.63) is 149 Å². The number of ketones is 2. The van der Waals surface area contributed by atoms with Gasteiger partial charge < -0.3 is 9.84 Å². The Balaban J connectivity index is 1.35. The van der Waals surface area contributed by atoms with Crippen LogP contribution in [0.4, 0.5) is 5.69 Å². The van der Waals surface area contributed by atoms with Gasteiger partial charge in [-0.2, -0.15) is 0 Å². The smallest absolute Gasteiger partial charge is 0.238 e. The minimum absolute atomic E-state index is 0.0440. The van der Waals surface area contributed by atoms with Gasteiger partial charge in [0.25, 0.3) is 0 Å². The predicted molar refractivity (Wildman–Crippen MR) is 194 cm³/mol. The Kier molecular flexibility index (Phi) is 8.39. The summed E-state index contributed by atoms with van der Waals surface area (Å²) in [6.45, 7) is 1.90. The van der Waals surface area contributed by atoms with Gasteiger partial charge in [0.1, 0.15) is 12.4 Å². The van der Waals surface area contributed by atoms with Crippen LogP contribution in [0.25, 0.3) is 5.57 Å². The third-order valence-corrected chi connectivity index (χ3v) is 11.6. The summed E-state index contributed by atoms with van der Waals surface area (Å²) >= 11 is 0. The van der Waals surface area contributed by atoms with E-state index in [1.165, 1.54) is 11.0 Å². The maximum Gasteiger partial charge on any atom is 0.238 e. The number of rotatable bonds is 8. The van der Waals surface area contributed by atoms with Crippen molar-refractivity contribution in [1.82, 2.24) is 0 Å². The summed E-state index contributed by atoms with van der Waals surface area (Å²) in [5.74, 6) is -3.64. The summed E-state index contributed by atoms with van der Waals surface area (Å²) in [4.78, 5) is 60.4. The molecule has 0 unspecified atom stereocenters. The molecule has 3 aliphatic carbocycles. The van der Waals surface area contributed by atoms with Gasteiger partial charge in [-0.3, -0.25) is 24.1 Å². The van der Waals surface area contributed by atoms with Crippen LogP contribution in [0.1, 0.15) is 47.9 Å². The molecular formula is C44H39NO6. The minimum Gasteiger partial charge on any atom is -0.491 e. The average molecular weight is 678 g/mol. The SMILES string of the molecule is CCc1ccc(N2C(=O)[C@H]3[C@H](CC=C4[C@H]3C[C@H]3C(=O)C(c5ccccc5)=CC(=O)[C@@]3(c3ccccc3)[C@H]4c3ccccc3OCCO)C2=O)cc1. The first kappa shape index (κ1) is 32.8. The van der Waals surface area contributed by atoms with E-state index in [4.69, 9.17) is 4.74 Å². The molecule has 6 atom stereocenters. The Bertz CT molecular complexity index is 2080. The van der Waals surface area contributed by atoms with E-state index in [1.54, 1.807) is 0 Å². The van der Waals surface area contributed by atoms with Crippen molar-refractivity contribution >= 4 is 34.6 Å². The Labute approximate surface area is 297 Å². The van der Waals surface area contributed by atoms with Crippen molar-refractivity contribution in [2.24, 2.45) is 23.7 Å². The summed E-state index contributed by atoms with van der Waals surface area (Å²) in [7, 11) is 0. The van der Waals surface area contributed by atoms with Crippen LogP contribution in [-0.4, -0.2) is 41.7 Å². The van der Waals surface area contributed by atoms with E-state index < -0.39 is 35.0 Å². The van der Waals surface area contributed by atoms with Crippen LogP contribution in [0.3, 0.4) is 0 Å². The number of aliphatic hydroxyl groups is 1. The van der Waals surface area contributed by atoms with E-state index >= 15 is 9.59 Å². The molecule has 0 aromatic heterocycles. The number of para-hydroxylation sites is 1. The molecule has 1 heterocycles. The molecule has 0 radical (unpaired) electrons. The normalized spacial score (nSPS) is 26.9. The zero-order chi connectivity index (χ0) is 35.3. The fourth-order valence-electron chi connectivity index (χ4n) is 9.36. The molecule has 2 fully saturated rings. The number of benzene rings is 4. The Hall–Kier alpha value is -5.40. The van der Waals surface area contributed by atoms with E-state index in [-0.39, 0.29) is 43.0 Å². The molecular weight excluding hydrogens is 638 g/mol. The Morgan fingerprint density at radius 2 is 1.49 bits per heavy atom. The van der Waals surface area contributed by atoms with Gasteiger partial charge in [-0.15, -0.1) is 0 Å². The molecule has 7 heteroatoms. The van der Waals surface area contributed by atoms with E-state index in [9.17, 15) is 14.7 Å². The lowest BCUT2D eigenvalue weighted by Crippen LogP contribution is -2.58. The molecule has 1 aliphatic heterocycles. The topological polar surface area (TPSA) is 101 Å². The fourth-order valence-corrected chi connectivity index (χ4v) is 9.36. The number of ether oxygens (including phenoxy) is 1. The number of amides is 2. The standard InChI is InChI=1S/C44H39NO6/c1-2-27-17-19-30(20-18-27)45-42(49)33-22-21-31-35(39(33)43(45)50)25-36-41(48)34(28-11-5-3-6-12-28)26-38(47)44(36,29-13-7-4-8-14-29)40(31)32-15-9-10-16-37(32)51-24-23-46/h3-21,26,33,35-36,39-40,46H,2,22-25H2,1H3/t33-,35+,36-,39-,40+,44-/m0/s1. The number of imide groups is 1. The molecule has 0 spiro atoms. The second-order valence-electron chi connectivity index (χ2n) is 13.9. The fraction of sp³-hybridized carbons (Fsp3) is 0.273. The summed E-state index contributed by atoms with van der Waals surface area (Å²) in [6, 6.07) is 33.8. The molecule has 1 saturated heterocycles. The third kappa shape index (κ3) is 5.05. The van der Waals surface area contributed by atoms with Crippen molar-refractivity contribution in [2.45, 2.75) is 37.5 Å². The number of carbonyl (C=O) groups is 4. The van der Waals surface area contributed by atoms with Crippen LogP contribution >= 0.6 is 0 Å². The van der Waals surface area contributed by atoms with Crippen LogP contribution in [0.2, 0.25) is 0 Å². The highest BCUT2D eigenvalue weighted by Crippen LogP contribution is 2.64. The summed E-state index contributed by atoms with van der Waals surface area (Å²) in [5, 5.41) is 9.73. The number of anilines is 1. The molecule has 1 N–H and O–H groups in total. The molecule has 51 heavy (non-hydrogen) atoms. The number of aryl methyl sites for hydroxylation is 1. The largest absolute Gasteiger partial charge is 0.491 e. The monoisotopic (exact) mass is 677 g/mol. The van der Waals surface area contributed by atoms with Crippen molar-refractivity contribution in [1.29, 1.82) is 0 Å². The quantitative estimate of drug-likeness (QED) is 0.166. The zero-order valence-corrected chi connectivity index (χ0v) is 28.4. The van der Waals surface area contributed by atoms with Crippen LogP contribution in [-0.2, 0) is 31.0 Å².